The van der Waals surface area contributed by atoms with Crippen LogP contribution in [0.25, 0.3) is 22.2 Å². The lowest BCUT2D eigenvalue weighted by molar-refractivity contribution is 0.0656. The highest BCUT2D eigenvalue weighted by atomic mass is 19.3. The number of nitrogens with zero attached hydrogens (tertiary/aromatic N) is 4. The van der Waals surface area contributed by atoms with E-state index < -0.39 is 34.4 Å². The molecule has 0 radical (unpaired) electrons. The molecule has 0 amide bonds. The van der Waals surface area contributed by atoms with Crippen LogP contribution in [0.4, 0.5) is 17.6 Å². The molecule has 2 aromatic heterocycles. The average molecular weight is 539 g/mol. The standard InChI is InChI=1S/C28H26F4N6O/c1-37-15-18-12-20(22(30)14-24(18)35-37)28(31,32)27(34)38-26(33)11-9-23(36-38)17-7-8-19(21(29)13-17)25(39)10-6-16-4-2-3-5-16/h7-9,11-16,33-34H,2-6,10H2,1H3. The molecule has 39 heavy (non-hydrogen) atoms. The predicted octanol–water partition coefficient (Wildman–Crippen LogP) is 5.96. The van der Waals surface area contributed by atoms with Crippen LogP contribution in [0.5, 0.6) is 0 Å². The van der Waals surface area contributed by atoms with E-state index in [9.17, 15) is 13.6 Å². The number of ketones is 1. The third kappa shape index (κ3) is 5.13. The van der Waals surface area contributed by atoms with E-state index in [1.165, 1.54) is 29.1 Å². The molecular formula is C28H26F4N6O. The van der Waals surface area contributed by atoms with Crippen molar-refractivity contribution in [1.82, 2.24) is 19.6 Å². The third-order valence-electron chi connectivity index (χ3n) is 7.21. The zero-order chi connectivity index (χ0) is 27.9. The van der Waals surface area contributed by atoms with E-state index in [2.05, 4.69) is 10.2 Å². The SMILES string of the molecule is Cn1cc2cc(C(F)(F)C(=N)n3nc(-c4ccc(C(=O)CCC5CCCC5)c(F)c4)ccc3=N)c(F)cc2n1. The first kappa shape index (κ1) is 26.5. The molecule has 5 rings (SSSR count). The van der Waals surface area contributed by atoms with Gasteiger partial charge in [-0.1, -0.05) is 31.7 Å². The van der Waals surface area contributed by atoms with Gasteiger partial charge in [0, 0.05) is 36.7 Å². The van der Waals surface area contributed by atoms with Crippen molar-refractivity contribution in [3.8, 4) is 11.3 Å². The van der Waals surface area contributed by atoms with E-state index in [0.717, 1.165) is 56.4 Å². The molecule has 202 valence electrons. The van der Waals surface area contributed by atoms with Crippen molar-refractivity contribution in [2.75, 3.05) is 0 Å². The third-order valence-corrected chi connectivity index (χ3v) is 7.21. The fraction of sp³-hybridized carbons (Fsp3) is 0.321. The number of aromatic nitrogens is 4. The number of aryl methyl sites for hydroxylation is 1. The molecule has 0 bridgehead atoms. The van der Waals surface area contributed by atoms with Crippen molar-refractivity contribution in [1.29, 1.82) is 10.8 Å². The van der Waals surface area contributed by atoms with Gasteiger partial charge in [-0.2, -0.15) is 23.7 Å². The number of alkyl halides is 2. The largest absolute Gasteiger partial charge is 0.334 e. The molecule has 0 aliphatic heterocycles. The van der Waals surface area contributed by atoms with Crippen molar-refractivity contribution in [2.24, 2.45) is 13.0 Å². The first-order valence-corrected chi connectivity index (χ1v) is 12.6. The Bertz CT molecular complexity index is 1650. The van der Waals surface area contributed by atoms with Gasteiger partial charge in [0.15, 0.2) is 11.6 Å². The summed E-state index contributed by atoms with van der Waals surface area (Å²) in [6.45, 7) is 0. The minimum absolute atomic E-state index is 0.00131. The van der Waals surface area contributed by atoms with Crippen LogP contribution in [0.15, 0.2) is 48.7 Å². The molecule has 1 aliphatic carbocycles. The fourth-order valence-corrected chi connectivity index (χ4v) is 5.09. The van der Waals surface area contributed by atoms with E-state index in [1.54, 1.807) is 7.05 Å². The maximum absolute atomic E-state index is 15.4. The Balaban J connectivity index is 1.42. The molecule has 2 N–H and O–H groups in total. The van der Waals surface area contributed by atoms with Gasteiger partial charge in [-0.25, -0.2) is 8.78 Å². The zero-order valence-corrected chi connectivity index (χ0v) is 21.1. The van der Waals surface area contributed by atoms with Gasteiger partial charge >= 0.3 is 5.92 Å². The summed E-state index contributed by atoms with van der Waals surface area (Å²) in [7, 11) is 1.57. The Labute approximate surface area is 221 Å². The predicted molar refractivity (Wildman–Crippen MR) is 137 cm³/mol. The van der Waals surface area contributed by atoms with Gasteiger partial charge in [-0.3, -0.25) is 20.3 Å². The van der Waals surface area contributed by atoms with Crippen LogP contribution in [-0.4, -0.2) is 31.2 Å². The number of halogens is 4. The second-order valence-corrected chi connectivity index (χ2v) is 9.94. The monoisotopic (exact) mass is 538 g/mol. The van der Waals surface area contributed by atoms with Crippen LogP contribution in [0.1, 0.15) is 54.4 Å². The Morgan fingerprint density at radius 2 is 1.79 bits per heavy atom. The van der Waals surface area contributed by atoms with Crippen molar-refractivity contribution in [3.05, 3.63) is 76.9 Å². The molecule has 2 aromatic carbocycles. The van der Waals surface area contributed by atoms with Crippen LogP contribution >= 0.6 is 0 Å². The molecular weight excluding hydrogens is 512 g/mol. The molecule has 0 unspecified atom stereocenters. The normalized spacial score (nSPS) is 14.3. The van der Waals surface area contributed by atoms with Gasteiger partial charge in [0.05, 0.1) is 22.3 Å². The van der Waals surface area contributed by atoms with Gasteiger partial charge in [0.25, 0.3) is 0 Å². The second-order valence-electron chi connectivity index (χ2n) is 9.94. The van der Waals surface area contributed by atoms with Crippen LogP contribution in [0, 0.1) is 28.4 Å². The van der Waals surface area contributed by atoms with Gasteiger partial charge < -0.3 is 0 Å². The number of benzene rings is 2. The molecule has 11 heteroatoms. The Morgan fingerprint density at radius 3 is 2.51 bits per heavy atom. The molecule has 2 heterocycles. The van der Waals surface area contributed by atoms with E-state index in [4.69, 9.17) is 10.8 Å². The van der Waals surface area contributed by atoms with E-state index in [-0.39, 0.29) is 39.9 Å². The summed E-state index contributed by atoms with van der Waals surface area (Å²) < 4.78 is 62.1. The smallest absolute Gasteiger partial charge is 0.294 e. The molecule has 1 aliphatic rings. The van der Waals surface area contributed by atoms with E-state index in [1.807, 2.05) is 0 Å². The molecule has 1 saturated carbocycles. The van der Waals surface area contributed by atoms with Crippen LogP contribution in [-0.2, 0) is 13.0 Å². The second kappa shape index (κ2) is 10.2. The highest BCUT2D eigenvalue weighted by molar-refractivity contribution is 5.96. The Morgan fingerprint density at radius 1 is 1.05 bits per heavy atom. The highest BCUT2D eigenvalue weighted by Gasteiger charge is 2.42. The number of carbonyl (C=O) groups excluding carboxylic acids is 1. The Kier molecular flexibility index (Phi) is 6.92. The van der Waals surface area contributed by atoms with Crippen molar-refractivity contribution < 1.29 is 22.4 Å². The number of hydrogen-bond donors (Lipinski definition) is 2. The topological polar surface area (TPSA) is 100 Å². The molecule has 0 saturated heterocycles. The molecule has 4 aromatic rings. The summed E-state index contributed by atoms with van der Waals surface area (Å²) in [4.78, 5) is 12.6. The number of carbonyl (C=O) groups is 1. The summed E-state index contributed by atoms with van der Waals surface area (Å²) in [5, 5.41) is 24.4. The van der Waals surface area contributed by atoms with Gasteiger partial charge in [-0.05, 0) is 42.7 Å². The number of hydrogen-bond acceptors (Lipinski definition) is 5. The van der Waals surface area contributed by atoms with Gasteiger partial charge in [-0.15, -0.1) is 0 Å². The van der Waals surface area contributed by atoms with Crippen molar-refractivity contribution >= 4 is 22.5 Å². The lowest BCUT2D eigenvalue weighted by Gasteiger charge is -2.20. The van der Waals surface area contributed by atoms with Crippen molar-refractivity contribution in [3.63, 3.8) is 0 Å². The zero-order valence-electron chi connectivity index (χ0n) is 21.1. The van der Waals surface area contributed by atoms with Crippen LogP contribution in [0.2, 0.25) is 0 Å². The average Bonchev–Trinajstić information content (AvgIpc) is 3.55. The van der Waals surface area contributed by atoms with E-state index in [0.29, 0.717) is 10.6 Å². The van der Waals surface area contributed by atoms with Gasteiger partial charge in [0.2, 0.25) is 0 Å². The lowest BCUT2D eigenvalue weighted by atomic mass is 9.96. The summed E-state index contributed by atoms with van der Waals surface area (Å²) in [6, 6.07) is 8.09. The van der Waals surface area contributed by atoms with Crippen LogP contribution < -0.4 is 5.49 Å². The molecule has 1 fully saturated rings. The number of fused-ring (bicyclic) bond motifs is 1. The summed E-state index contributed by atoms with van der Waals surface area (Å²) in [6.07, 6.45) is 6.90. The highest BCUT2D eigenvalue weighted by Crippen LogP contribution is 2.34. The van der Waals surface area contributed by atoms with E-state index >= 15 is 8.78 Å². The Hall–Kier alpha value is -4.15. The number of rotatable bonds is 7. The maximum atomic E-state index is 15.4. The number of nitrogens with one attached hydrogen (secondary N) is 2. The van der Waals surface area contributed by atoms with Gasteiger partial charge in [0.1, 0.15) is 17.1 Å². The summed E-state index contributed by atoms with van der Waals surface area (Å²) in [5.41, 5.74) is -1.31. The minimum Gasteiger partial charge on any atom is -0.294 e. The molecule has 0 spiro atoms. The fourth-order valence-electron chi connectivity index (χ4n) is 5.09. The first-order chi connectivity index (χ1) is 18.5. The molecule has 0 atom stereocenters. The first-order valence-electron chi connectivity index (χ1n) is 12.6. The maximum Gasteiger partial charge on any atom is 0.334 e. The summed E-state index contributed by atoms with van der Waals surface area (Å²) in [5.74, 6) is -7.43. The quantitative estimate of drug-likeness (QED) is 0.131. The minimum atomic E-state index is -4.15. The van der Waals surface area contributed by atoms with Crippen molar-refractivity contribution in [2.45, 2.75) is 44.4 Å². The lowest BCUT2D eigenvalue weighted by Crippen LogP contribution is -2.40. The summed E-state index contributed by atoms with van der Waals surface area (Å²) >= 11 is 0. The molecule has 7 nitrogen and oxygen atoms in total. The number of Topliss-reactive ketones (excluding diaryl/α,β-unsaturated/α-hetero) is 1. The van der Waals surface area contributed by atoms with Crippen LogP contribution in [0.3, 0.4) is 0 Å².